The number of benzene rings is 2. The van der Waals surface area contributed by atoms with Crippen LogP contribution in [0.15, 0.2) is 48.5 Å². The second-order valence-corrected chi connectivity index (χ2v) is 6.96. The molecule has 1 heterocycles. The van der Waals surface area contributed by atoms with Crippen LogP contribution in [-0.2, 0) is 11.2 Å². The fourth-order valence-electron chi connectivity index (χ4n) is 3.21. The quantitative estimate of drug-likeness (QED) is 0.822. The third kappa shape index (κ3) is 4.51. The molecule has 0 spiro atoms. The molecule has 1 atom stereocenters. The van der Waals surface area contributed by atoms with Gasteiger partial charge in [0, 0.05) is 42.8 Å². The Labute approximate surface area is 153 Å². The van der Waals surface area contributed by atoms with Gasteiger partial charge in [-0.25, -0.2) is 4.39 Å². The second-order valence-electron chi connectivity index (χ2n) is 6.52. The van der Waals surface area contributed by atoms with E-state index in [1.165, 1.54) is 12.1 Å². The van der Waals surface area contributed by atoms with Crippen molar-refractivity contribution < 1.29 is 9.18 Å². The first-order chi connectivity index (χ1) is 12.0. The largest absolute Gasteiger partial charge is 0.368 e. The van der Waals surface area contributed by atoms with Gasteiger partial charge in [-0.05, 0) is 48.4 Å². The summed E-state index contributed by atoms with van der Waals surface area (Å²) in [6, 6.07) is 14.2. The molecule has 3 rings (SSSR count). The van der Waals surface area contributed by atoms with Crippen molar-refractivity contribution in [1.82, 2.24) is 4.90 Å². The molecule has 0 bridgehead atoms. The lowest BCUT2D eigenvalue weighted by atomic mass is 9.99. The minimum Gasteiger partial charge on any atom is -0.368 e. The van der Waals surface area contributed by atoms with Gasteiger partial charge in [0.05, 0.1) is 0 Å². The van der Waals surface area contributed by atoms with Gasteiger partial charge < -0.3 is 9.80 Å². The zero-order chi connectivity index (χ0) is 17.8. The number of hydrogen-bond acceptors (Lipinski definition) is 2. The van der Waals surface area contributed by atoms with E-state index in [0.29, 0.717) is 24.5 Å². The Hall–Kier alpha value is -2.07. The maximum Gasteiger partial charge on any atom is 0.225 e. The van der Waals surface area contributed by atoms with Crippen molar-refractivity contribution in [3.63, 3.8) is 0 Å². The van der Waals surface area contributed by atoms with Crippen molar-refractivity contribution in [2.24, 2.45) is 5.92 Å². The molecule has 25 heavy (non-hydrogen) atoms. The Bertz CT molecular complexity index is 709. The van der Waals surface area contributed by atoms with Gasteiger partial charge in [0.25, 0.3) is 0 Å². The first-order valence-electron chi connectivity index (χ1n) is 8.56. The van der Waals surface area contributed by atoms with Gasteiger partial charge in [-0.3, -0.25) is 4.79 Å². The van der Waals surface area contributed by atoms with Crippen LogP contribution >= 0.6 is 11.6 Å². The van der Waals surface area contributed by atoms with E-state index in [0.717, 1.165) is 24.3 Å². The lowest BCUT2D eigenvalue weighted by Crippen LogP contribution is -2.50. The zero-order valence-electron chi connectivity index (χ0n) is 14.3. The van der Waals surface area contributed by atoms with Crippen molar-refractivity contribution in [3.05, 3.63) is 64.9 Å². The number of nitrogens with zero attached hydrogens (tertiary/aromatic N) is 2. The molecule has 2 aromatic carbocycles. The molecule has 1 saturated heterocycles. The summed E-state index contributed by atoms with van der Waals surface area (Å²) < 4.78 is 13.0. The molecule has 1 aliphatic rings. The van der Waals surface area contributed by atoms with Crippen molar-refractivity contribution >= 4 is 23.2 Å². The molecule has 132 valence electrons. The predicted octanol–water partition coefficient (Wildman–Crippen LogP) is 4.01. The molecule has 1 aliphatic heterocycles. The molecule has 3 nitrogen and oxygen atoms in total. The molecule has 2 aromatic rings. The van der Waals surface area contributed by atoms with Gasteiger partial charge in [0.1, 0.15) is 5.82 Å². The van der Waals surface area contributed by atoms with Crippen molar-refractivity contribution in [3.8, 4) is 0 Å². The molecule has 1 fully saturated rings. The van der Waals surface area contributed by atoms with Gasteiger partial charge >= 0.3 is 0 Å². The molecule has 0 saturated carbocycles. The number of carbonyl (C=O) groups excluding carboxylic acids is 1. The maximum absolute atomic E-state index is 13.0. The van der Waals surface area contributed by atoms with E-state index in [9.17, 15) is 9.18 Å². The molecule has 1 amide bonds. The van der Waals surface area contributed by atoms with E-state index in [1.807, 2.05) is 36.1 Å². The van der Waals surface area contributed by atoms with Gasteiger partial charge in [0.2, 0.25) is 5.91 Å². The minimum absolute atomic E-state index is 0.0569. The minimum atomic E-state index is -0.228. The normalized spacial score (nSPS) is 16.0. The molecule has 1 unspecified atom stereocenters. The first-order valence-corrected chi connectivity index (χ1v) is 8.94. The van der Waals surface area contributed by atoms with E-state index in [1.54, 1.807) is 12.1 Å². The van der Waals surface area contributed by atoms with Crippen molar-refractivity contribution in [1.29, 1.82) is 0 Å². The van der Waals surface area contributed by atoms with Gasteiger partial charge in [-0.15, -0.1) is 0 Å². The van der Waals surface area contributed by atoms with Crippen LogP contribution in [0.1, 0.15) is 12.5 Å². The summed E-state index contributed by atoms with van der Waals surface area (Å²) in [7, 11) is 0. The van der Waals surface area contributed by atoms with Crippen LogP contribution in [0.5, 0.6) is 0 Å². The summed E-state index contributed by atoms with van der Waals surface area (Å²) in [6.07, 6.45) is 0.716. The second kappa shape index (κ2) is 7.87. The fourth-order valence-corrected chi connectivity index (χ4v) is 3.34. The zero-order valence-corrected chi connectivity index (χ0v) is 15.0. The number of rotatable bonds is 4. The summed E-state index contributed by atoms with van der Waals surface area (Å²) in [4.78, 5) is 16.8. The van der Waals surface area contributed by atoms with Crippen LogP contribution in [0.2, 0.25) is 5.02 Å². The number of carbonyl (C=O) groups is 1. The molecular weight excluding hydrogens is 339 g/mol. The molecule has 0 radical (unpaired) electrons. The number of amides is 1. The fraction of sp³-hybridized carbons (Fsp3) is 0.350. The van der Waals surface area contributed by atoms with Gasteiger partial charge in [0.15, 0.2) is 0 Å². The first kappa shape index (κ1) is 17.7. The lowest BCUT2D eigenvalue weighted by molar-refractivity contribution is -0.135. The number of hydrogen-bond donors (Lipinski definition) is 0. The molecule has 5 heteroatoms. The van der Waals surface area contributed by atoms with Crippen LogP contribution in [-0.4, -0.2) is 37.0 Å². The molecule has 0 aliphatic carbocycles. The Morgan fingerprint density at radius 3 is 2.24 bits per heavy atom. The Morgan fingerprint density at radius 1 is 1.04 bits per heavy atom. The summed E-state index contributed by atoms with van der Waals surface area (Å²) >= 11 is 5.90. The van der Waals surface area contributed by atoms with Crippen molar-refractivity contribution in [2.75, 3.05) is 31.1 Å². The summed E-state index contributed by atoms with van der Waals surface area (Å²) in [5.74, 6) is -0.0964. The SMILES string of the molecule is CC(Cc1ccc(Cl)cc1)C(=O)N1CCN(c2ccc(F)cc2)CC1. The van der Waals surface area contributed by atoms with Crippen LogP contribution in [0.3, 0.4) is 0 Å². The van der Waals surface area contributed by atoms with Crippen LogP contribution in [0, 0.1) is 11.7 Å². The Kier molecular flexibility index (Phi) is 5.59. The summed E-state index contributed by atoms with van der Waals surface area (Å²) in [5, 5.41) is 0.708. The average molecular weight is 361 g/mol. The third-order valence-corrected chi connectivity index (χ3v) is 4.91. The smallest absolute Gasteiger partial charge is 0.225 e. The Morgan fingerprint density at radius 2 is 1.64 bits per heavy atom. The maximum atomic E-state index is 13.0. The predicted molar refractivity (Wildman–Crippen MR) is 99.5 cm³/mol. The molecular formula is C20H22ClFN2O. The summed E-state index contributed by atoms with van der Waals surface area (Å²) in [5.41, 5.74) is 2.12. The van der Waals surface area contributed by atoms with Gasteiger partial charge in [-0.2, -0.15) is 0 Å². The standard InChI is InChI=1S/C20H22ClFN2O/c1-15(14-16-2-4-17(21)5-3-16)20(25)24-12-10-23(11-13-24)19-8-6-18(22)7-9-19/h2-9,15H,10-14H2,1H3. The third-order valence-electron chi connectivity index (χ3n) is 4.66. The highest BCUT2D eigenvalue weighted by atomic mass is 35.5. The van der Waals surface area contributed by atoms with Gasteiger partial charge in [-0.1, -0.05) is 30.7 Å². The topological polar surface area (TPSA) is 23.6 Å². The van der Waals surface area contributed by atoms with Crippen LogP contribution in [0.4, 0.5) is 10.1 Å². The Balaban J connectivity index is 1.53. The average Bonchev–Trinajstić information content (AvgIpc) is 2.64. The van der Waals surface area contributed by atoms with E-state index in [4.69, 9.17) is 11.6 Å². The van der Waals surface area contributed by atoms with Crippen LogP contribution in [0.25, 0.3) is 0 Å². The highest BCUT2D eigenvalue weighted by Gasteiger charge is 2.25. The van der Waals surface area contributed by atoms with E-state index in [-0.39, 0.29) is 17.6 Å². The van der Waals surface area contributed by atoms with Crippen molar-refractivity contribution in [2.45, 2.75) is 13.3 Å². The number of halogens is 2. The molecule has 0 aromatic heterocycles. The number of anilines is 1. The molecule has 0 N–H and O–H groups in total. The number of piperazine rings is 1. The monoisotopic (exact) mass is 360 g/mol. The highest BCUT2D eigenvalue weighted by molar-refractivity contribution is 6.30. The van der Waals surface area contributed by atoms with E-state index >= 15 is 0 Å². The van der Waals surface area contributed by atoms with E-state index < -0.39 is 0 Å². The van der Waals surface area contributed by atoms with E-state index in [2.05, 4.69) is 4.90 Å². The lowest BCUT2D eigenvalue weighted by Gasteiger charge is -2.37. The summed E-state index contributed by atoms with van der Waals surface area (Å²) in [6.45, 7) is 4.90. The van der Waals surface area contributed by atoms with Crippen LogP contribution < -0.4 is 4.90 Å². The highest BCUT2D eigenvalue weighted by Crippen LogP contribution is 2.19.